The van der Waals surface area contributed by atoms with Crippen LogP contribution in [0.2, 0.25) is 0 Å². The van der Waals surface area contributed by atoms with Crippen molar-refractivity contribution >= 4 is 23.5 Å². The normalized spacial score (nSPS) is 14.4. The highest BCUT2D eigenvalue weighted by atomic mass is 32.2. The van der Waals surface area contributed by atoms with E-state index in [4.69, 9.17) is 0 Å². The molecular formula is C20H34N2S2. The van der Waals surface area contributed by atoms with Crippen molar-refractivity contribution in [2.24, 2.45) is 11.8 Å². The lowest BCUT2D eigenvalue weighted by atomic mass is 10.0. The fourth-order valence-corrected chi connectivity index (χ4v) is 4.94. The predicted octanol–water partition coefficient (Wildman–Crippen LogP) is 7.14. The molecule has 0 saturated carbocycles. The highest BCUT2D eigenvalue weighted by molar-refractivity contribution is 8.07. The van der Waals surface area contributed by atoms with Crippen LogP contribution >= 0.6 is 23.5 Å². The van der Waals surface area contributed by atoms with E-state index in [9.17, 15) is 10.5 Å². The van der Waals surface area contributed by atoms with Gasteiger partial charge in [-0.1, -0.05) is 66.2 Å². The molecule has 0 bridgehead atoms. The molecule has 0 spiro atoms. The number of unbranched alkanes of at least 4 members (excludes halogenated alkanes) is 2. The van der Waals surface area contributed by atoms with Crippen molar-refractivity contribution in [1.82, 2.24) is 0 Å². The molecule has 0 aliphatic rings. The zero-order valence-electron chi connectivity index (χ0n) is 15.9. The van der Waals surface area contributed by atoms with E-state index < -0.39 is 0 Å². The minimum Gasteiger partial charge on any atom is -0.192 e. The summed E-state index contributed by atoms with van der Waals surface area (Å²) in [5.74, 6) is 3.21. The largest absolute Gasteiger partial charge is 0.192 e. The molecule has 2 unspecified atom stereocenters. The van der Waals surface area contributed by atoms with Crippen molar-refractivity contribution in [2.75, 3.05) is 11.5 Å². The van der Waals surface area contributed by atoms with Crippen LogP contribution in [0.1, 0.15) is 79.1 Å². The van der Waals surface area contributed by atoms with Crippen LogP contribution in [0, 0.1) is 34.5 Å². The molecule has 4 heteroatoms. The van der Waals surface area contributed by atoms with Crippen LogP contribution < -0.4 is 0 Å². The number of nitrogens with zero attached hydrogens (tertiary/aromatic N) is 2. The third-order valence-electron chi connectivity index (χ3n) is 4.42. The minimum atomic E-state index is 0.628. The average Bonchev–Trinajstić information content (AvgIpc) is 2.62. The number of nitriles is 2. The summed E-state index contributed by atoms with van der Waals surface area (Å²) in [7, 11) is 0. The second-order valence-corrected chi connectivity index (χ2v) is 8.40. The van der Waals surface area contributed by atoms with E-state index >= 15 is 0 Å². The molecule has 0 rings (SSSR count). The van der Waals surface area contributed by atoms with Crippen LogP contribution in [0.25, 0.3) is 0 Å². The summed E-state index contributed by atoms with van der Waals surface area (Å²) < 4.78 is 0. The van der Waals surface area contributed by atoms with E-state index in [0.29, 0.717) is 21.6 Å². The third kappa shape index (κ3) is 10.3. The van der Waals surface area contributed by atoms with E-state index in [-0.39, 0.29) is 0 Å². The monoisotopic (exact) mass is 366 g/mol. The molecule has 0 radical (unpaired) electrons. The van der Waals surface area contributed by atoms with E-state index in [1.807, 2.05) is 0 Å². The standard InChI is InChI=1S/C20H34N2S2/c1-5-9-11-17(7-3)15-23-19(13-21)20(14-22)24-16-18(8-4)12-10-6-2/h17-18H,5-12,15-16H2,1-4H3/b20-19-. The lowest BCUT2D eigenvalue weighted by molar-refractivity contribution is 0.500. The van der Waals surface area contributed by atoms with Gasteiger partial charge in [0.25, 0.3) is 0 Å². The molecule has 0 aliphatic carbocycles. The number of hydrogen-bond acceptors (Lipinski definition) is 4. The average molecular weight is 367 g/mol. The van der Waals surface area contributed by atoms with Gasteiger partial charge in [0.1, 0.15) is 21.9 Å². The Hall–Kier alpha value is -0.580. The van der Waals surface area contributed by atoms with Gasteiger partial charge in [0, 0.05) is 11.5 Å². The first kappa shape index (κ1) is 23.4. The van der Waals surface area contributed by atoms with E-state index in [0.717, 1.165) is 24.3 Å². The molecule has 0 N–H and O–H groups in total. The van der Waals surface area contributed by atoms with Crippen molar-refractivity contribution in [3.05, 3.63) is 9.81 Å². The fraction of sp³-hybridized carbons (Fsp3) is 0.800. The third-order valence-corrected chi connectivity index (χ3v) is 7.00. The maximum absolute atomic E-state index is 9.46. The van der Waals surface area contributed by atoms with Crippen molar-refractivity contribution in [1.29, 1.82) is 10.5 Å². The summed E-state index contributed by atoms with van der Waals surface area (Å²) in [6.45, 7) is 8.87. The van der Waals surface area contributed by atoms with Gasteiger partial charge in [0.15, 0.2) is 0 Å². The number of thioether (sulfide) groups is 2. The number of rotatable bonds is 14. The molecule has 0 aromatic rings. The first-order chi connectivity index (χ1) is 11.7. The first-order valence-corrected chi connectivity index (χ1v) is 11.4. The van der Waals surface area contributed by atoms with Crippen molar-refractivity contribution in [3.8, 4) is 12.1 Å². The molecule has 0 amide bonds. The molecule has 2 atom stereocenters. The van der Waals surface area contributed by atoms with Gasteiger partial charge in [0.2, 0.25) is 0 Å². The Labute approximate surface area is 158 Å². The minimum absolute atomic E-state index is 0.628. The zero-order valence-corrected chi connectivity index (χ0v) is 17.6. The Balaban J connectivity index is 4.67. The number of allylic oxidation sites excluding steroid dienone is 2. The Bertz CT molecular complexity index is 392. The molecule has 0 saturated heterocycles. The van der Waals surface area contributed by atoms with Gasteiger partial charge >= 0.3 is 0 Å². The molecule has 0 aromatic heterocycles. The summed E-state index contributed by atoms with van der Waals surface area (Å²) in [6.07, 6.45) is 9.69. The first-order valence-electron chi connectivity index (χ1n) is 9.46. The highest BCUT2D eigenvalue weighted by Crippen LogP contribution is 2.32. The Morgan fingerprint density at radius 3 is 1.38 bits per heavy atom. The molecular weight excluding hydrogens is 332 g/mol. The SMILES string of the molecule is CCCCC(CC)CS/C(C#N)=C(/C#N)SCC(CC)CCCC. The summed E-state index contributed by atoms with van der Waals surface area (Å²) in [4.78, 5) is 1.26. The van der Waals surface area contributed by atoms with Crippen LogP contribution in [0.5, 0.6) is 0 Å². The summed E-state index contributed by atoms with van der Waals surface area (Å²) in [5, 5.41) is 18.9. The molecule has 0 fully saturated rings. The summed E-state index contributed by atoms with van der Waals surface area (Å²) in [6, 6.07) is 4.55. The second kappa shape index (κ2) is 15.9. The zero-order chi connectivity index (χ0) is 18.2. The van der Waals surface area contributed by atoms with E-state index in [1.54, 1.807) is 23.5 Å². The van der Waals surface area contributed by atoms with Crippen LogP contribution in [0.3, 0.4) is 0 Å². The molecule has 0 heterocycles. The lowest BCUT2D eigenvalue weighted by Crippen LogP contribution is -2.04. The Morgan fingerprint density at radius 1 is 0.750 bits per heavy atom. The predicted molar refractivity (Wildman–Crippen MR) is 110 cm³/mol. The maximum atomic E-state index is 9.46. The molecule has 136 valence electrons. The smallest absolute Gasteiger partial charge is 0.109 e. The highest BCUT2D eigenvalue weighted by Gasteiger charge is 2.14. The van der Waals surface area contributed by atoms with Gasteiger partial charge in [-0.15, -0.1) is 23.5 Å². The van der Waals surface area contributed by atoms with Crippen LogP contribution in [0.4, 0.5) is 0 Å². The van der Waals surface area contributed by atoms with Crippen molar-refractivity contribution < 1.29 is 0 Å². The quantitative estimate of drug-likeness (QED) is 0.306. The number of hydrogen-bond donors (Lipinski definition) is 0. The second-order valence-electron chi connectivity index (χ2n) is 6.34. The molecule has 0 aliphatic heterocycles. The Morgan fingerprint density at radius 2 is 1.12 bits per heavy atom. The van der Waals surface area contributed by atoms with E-state index in [1.165, 1.54) is 38.5 Å². The van der Waals surface area contributed by atoms with Crippen LogP contribution in [-0.2, 0) is 0 Å². The topological polar surface area (TPSA) is 47.6 Å². The maximum Gasteiger partial charge on any atom is 0.109 e. The van der Waals surface area contributed by atoms with Gasteiger partial charge < -0.3 is 0 Å². The van der Waals surface area contributed by atoms with Gasteiger partial charge in [-0.3, -0.25) is 0 Å². The van der Waals surface area contributed by atoms with Crippen LogP contribution in [0.15, 0.2) is 9.81 Å². The lowest BCUT2D eigenvalue weighted by Gasteiger charge is -2.15. The van der Waals surface area contributed by atoms with Gasteiger partial charge in [0.05, 0.1) is 0 Å². The van der Waals surface area contributed by atoms with Gasteiger partial charge in [-0.05, 0) is 24.7 Å². The Kier molecular flexibility index (Phi) is 15.5. The van der Waals surface area contributed by atoms with Crippen LogP contribution in [-0.4, -0.2) is 11.5 Å². The van der Waals surface area contributed by atoms with E-state index in [2.05, 4.69) is 39.8 Å². The van der Waals surface area contributed by atoms with Gasteiger partial charge in [-0.2, -0.15) is 10.5 Å². The van der Waals surface area contributed by atoms with Crippen molar-refractivity contribution in [2.45, 2.75) is 79.1 Å². The van der Waals surface area contributed by atoms with Gasteiger partial charge in [-0.25, -0.2) is 0 Å². The summed E-state index contributed by atoms with van der Waals surface area (Å²) >= 11 is 3.18. The molecule has 24 heavy (non-hydrogen) atoms. The fourth-order valence-electron chi connectivity index (χ4n) is 2.50. The summed E-state index contributed by atoms with van der Waals surface area (Å²) in [5.41, 5.74) is 0. The molecule has 2 nitrogen and oxygen atoms in total. The molecule has 0 aromatic carbocycles. The van der Waals surface area contributed by atoms with Crippen molar-refractivity contribution in [3.63, 3.8) is 0 Å².